The van der Waals surface area contributed by atoms with Crippen LogP contribution in [0.15, 0.2) is 81.5 Å². The molecule has 0 unspecified atom stereocenters. The van der Waals surface area contributed by atoms with Crippen LogP contribution in [-0.4, -0.2) is 67.9 Å². The van der Waals surface area contributed by atoms with E-state index in [2.05, 4.69) is 20.8 Å². The number of nitrogens with zero attached hydrogens (tertiary/aromatic N) is 4. The van der Waals surface area contributed by atoms with Crippen LogP contribution >= 0.6 is 38.6 Å². The number of nitro groups is 1. The minimum Gasteiger partial charge on any atom is -0.477 e. The van der Waals surface area contributed by atoms with Crippen LogP contribution in [0.25, 0.3) is 10.1 Å². The molecule has 0 radical (unpaired) electrons. The number of rotatable bonds is 11. The maximum Gasteiger partial charge on any atom is 0.346 e. The zero-order valence-electron chi connectivity index (χ0n) is 27.2. The Balaban J connectivity index is 1.42. The number of anilines is 2. The predicted octanol–water partition coefficient (Wildman–Crippen LogP) is 7.60. The van der Waals surface area contributed by atoms with E-state index in [4.69, 9.17) is 0 Å². The fourth-order valence-corrected chi connectivity index (χ4v) is 10.9. The Morgan fingerprint density at radius 1 is 1.00 bits per heavy atom. The Bertz CT molecular complexity index is 2230. The van der Waals surface area contributed by atoms with Crippen molar-refractivity contribution in [3.05, 3.63) is 113 Å². The summed E-state index contributed by atoms with van der Waals surface area (Å²) < 4.78 is 32.7. The lowest BCUT2D eigenvalue weighted by atomic mass is 10.0. The molecule has 3 heterocycles. The van der Waals surface area contributed by atoms with Crippen molar-refractivity contribution in [1.29, 1.82) is 0 Å². The van der Waals surface area contributed by atoms with Crippen molar-refractivity contribution in [3.63, 3.8) is 0 Å². The van der Waals surface area contributed by atoms with Crippen LogP contribution in [-0.2, 0) is 22.9 Å². The second-order valence-corrected chi connectivity index (χ2v) is 16.4. The smallest absolute Gasteiger partial charge is 0.346 e. The number of sulfonamides is 1. The fraction of sp³-hybridized carbons (Fsp3) is 0.257. The molecule has 11 nitrogen and oxygen atoms in total. The van der Waals surface area contributed by atoms with Crippen LogP contribution in [0, 0.1) is 17.0 Å². The highest BCUT2D eigenvalue weighted by atomic mass is 79.9. The molecule has 1 saturated heterocycles. The molecule has 0 aliphatic carbocycles. The van der Waals surface area contributed by atoms with Gasteiger partial charge >= 0.3 is 5.97 Å². The highest BCUT2D eigenvalue weighted by molar-refractivity contribution is 9.10. The highest BCUT2D eigenvalue weighted by Crippen LogP contribution is 2.40. The largest absolute Gasteiger partial charge is 0.477 e. The van der Waals surface area contributed by atoms with E-state index in [9.17, 15) is 33.2 Å². The number of thiophene rings is 2. The molecule has 2 aromatic heterocycles. The molecule has 0 atom stereocenters. The number of amides is 1. The van der Waals surface area contributed by atoms with Crippen LogP contribution in [0.2, 0.25) is 0 Å². The zero-order valence-corrected chi connectivity index (χ0v) is 31.2. The van der Waals surface area contributed by atoms with Gasteiger partial charge in [-0.1, -0.05) is 37.3 Å². The van der Waals surface area contributed by atoms with Crippen LogP contribution in [0.1, 0.15) is 43.0 Å². The summed E-state index contributed by atoms with van der Waals surface area (Å²) in [6.45, 7) is 5.22. The lowest BCUT2D eigenvalue weighted by Gasteiger charge is -2.38. The van der Waals surface area contributed by atoms with Gasteiger partial charge in [-0.25, -0.2) is 13.2 Å². The lowest BCUT2D eigenvalue weighted by Crippen LogP contribution is -2.49. The third-order valence-corrected chi connectivity index (χ3v) is 13.9. The number of aromatic carboxylic acids is 1. The third-order valence-electron chi connectivity index (χ3n) is 8.92. The summed E-state index contributed by atoms with van der Waals surface area (Å²) in [5.74, 6) is -1.13. The molecule has 50 heavy (non-hydrogen) atoms. The first kappa shape index (κ1) is 35.5. The van der Waals surface area contributed by atoms with Crippen molar-refractivity contribution in [2.24, 2.45) is 0 Å². The number of piperazine rings is 1. The summed E-state index contributed by atoms with van der Waals surface area (Å²) in [5.41, 5.74) is 2.39. The minimum atomic E-state index is -4.31. The van der Waals surface area contributed by atoms with Crippen LogP contribution in [0.5, 0.6) is 0 Å². The Labute approximate surface area is 305 Å². The number of carbonyl (C=O) groups is 2. The number of para-hydroxylation sites is 3. The fourth-order valence-electron chi connectivity index (χ4n) is 6.49. The van der Waals surface area contributed by atoms with Gasteiger partial charge in [0, 0.05) is 58.9 Å². The van der Waals surface area contributed by atoms with Gasteiger partial charge in [0.1, 0.15) is 9.75 Å². The van der Waals surface area contributed by atoms with Gasteiger partial charge in [-0.2, -0.15) is 0 Å². The van der Waals surface area contributed by atoms with E-state index in [0.717, 1.165) is 15.8 Å². The molecule has 0 bridgehead atoms. The van der Waals surface area contributed by atoms with Gasteiger partial charge in [-0.15, -0.1) is 22.7 Å². The Hall–Kier alpha value is -4.31. The maximum atomic E-state index is 15.0. The summed E-state index contributed by atoms with van der Waals surface area (Å²) >= 11 is 5.94. The number of carboxylic acid groups (broad SMARTS) is 1. The third kappa shape index (κ3) is 6.62. The predicted molar refractivity (Wildman–Crippen MR) is 201 cm³/mol. The van der Waals surface area contributed by atoms with Crippen LogP contribution < -0.4 is 9.21 Å². The van der Waals surface area contributed by atoms with E-state index in [-0.39, 0.29) is 34.3 Å². The monoisotopic (exact) mass is 796 g/mol. The van der Waals surface area contributed by atoms with Gasteiger partial charge in [-0.05, 0) is 82.5 Å². The molecule has 5 aromatic rings. The van der Waals surface area contributed by atoms with Crippen LogP contribution in [0.4, 0.5) is 17.1 Å². The first-order chi connectivity index (χ1) is 23.9. The van der Waals surface area contributed by atoms with E-state index < -0.39 is 20.9 Å². The van der Waals surface area contributed by atoms with Gasteiger partial charge in [-0.3, -0.25) is 19.2 Å². The molecule has 260 valence electrons. The molecule has 1 amide bonds. The molecule has 0 spiro atoms. The Morgan fingerprint density at radius 2 is 1.70 bits per heavy atom. The summed E-state index contributed by atoms with van der Waals surface area (Å²) in [6, 6.07) is 18.5. The number of carboxylic acids is 1. The summed E-state index contributed by atoms with van der Waals surface area (Å²) in [7, 11) is -4.31. The topological polar surface area (TPSA) is 141 Å². The molecule has 3 aromatic carbocycles. The second-order valence-electron chi connectivity index (χ2n) is 11.7. The normalized spacial score (nSPS) is 13.5. The number of hydrogen-bond donors (Lipinski definition) is 1. The van der Waals surface area contributed by atoms with Crippen molar-refractivity contribution in [1.82, 2.24) is 4.90 Å². The quantitative estimate of drug-likeness (QED) is 0.106. The highest BCUT2D eigenvalue weighted by Gasteiger charge is 2.33. The first-order valence-corrected chi connectivity index (χ1v) is 19.8. The van der Waals surface area contributed by atoms with Crippen molar-refractivity contribution < 1.29 is 28.0 Å². The minimum absolute atomic E-state index is 0.0552. The summed E-state index contributed by atoms with van der Waals surface area (Å²) in [5, 5.41) is 24.1. The molecule has 15 heteroatoms. The molecule has 0 saturated carbocycles. The molecule has 6 rings (SSSR count). The van der Waals surface area contributed by atoms with Gasteiger partial charge in [0.2, 0.25) is 0 Å². The van der Waals surface area contributed by atoms with Crippen LogP contribution in [0.3, 0.4) is 0 Å². The number of hydrogen-bond acceptors (Lipinski definition) is 9. The molecular formula is C35H33BrN4O7S3. The van der Waals surface area contributed by atoms with Gasteiger partial charge in [0.25, 0.3) is 21.6 Å². The first-order valence-electron chi connectivity index (χ1n) is 15.8. The van der Waals surface area contributed by atoms with E-state index in [1.54, 1.807) is 48.2 Å². The van der Waals surface area contributed by atoms with Gasteiger partial charge < -0.3 is 14.9 Å². The Kier molecular flexibility index (Phi) is 10.3. The molecule has 1 aliphatic heterocycles. The second kappa shape index (κ2) is 14.5. The van der Waals surface area contributed by atoms with Gasteiger partial charge in [0.05, 0.1) is 21.2 Å². The zero-order chi connectivity index (χ0) is 35.7. The number of carbonyl (C=O) groups excluding carboxylic acids is 1. The summed E-state index contributed by atoms with van der Waals surface area (Å²) in [4.78, 5) is 41.3. The van der Waals surface area contributed by atoms with E-state index in [1.165, 1.54) is 27.8 Å². The number of aryl methyl sites for hydroxylation is 2. The van der Waals surface area contributed by atoms with Gasteiger partial charge in [0.15, 0.2) is 0 Å². The standard InChI is InChI=1S/C35H33BrN4O7S3/c1-3-24-30(13-12-29-31(24)22(2)32(49-29)35(42)43)50(46,47)39(16-14-23-8-4-5-9-26(23)40(44)45)28-11-7-6-10-27(28)37-17-19-38(20-18-37)34(41)33-25(36)15-21-48-33/h4-13,15,21H,3,14,16-20H2,1-2H3,(H,42,43). The van der Waals surface area contributed by atoms with Crippen molar-refractivity contribution in [2.45, 2.75) is 31.6 Å². The van der Waals surface area contributed by atoms with E-state index >= 15 is 0 Å². The molecular weight excluding hydrogens is 765 g/mol. The Morgan fingerprint density at radius 3 is 2.36 bits per heavy atom. The number of benzene rings is 3. The van der Waals surface area contributed by atoms with Crippen molar-refractivity contribution in [3.8, 4) is 0 Å². The lowest BCUT2D eigenvalue weighted by molar-refractivity contribution is -0.385. The van der Waals surface area contributed by atoms with Crippen molar-refractivity contribution >= 4 is 87.7 Å². The average Bonchev–Trinajstić information content (AvgIpc) is 3.70. The number of fused-ring (bicyclic) bond motifs is 1. The SMILES string of the molecule is CCc1c(S(=O)(=O)N(CCc2ccccc2[N+](=O)[O-])c2ccccc2N2CCN(C(=O)c3sccc3Br)CC2)ccc2sc(C(=O)O)c(C)c12. The maximum absolute atomic E-state index is 15.0. The molecule has 1 aliphatic rings. The van der Waals surface area contributed by atoms with E-state index in [0.29, 0.717) is 75.6 Å². The molecule has 1 N–H and O–H groups in total. The summed E-state index contributed by atoms with van der Waals surface area (Å²) in [6.07, 6.45) is 0.394. The molecule has 1 fully saturated rings. The average molecular weight is 798 g/mol. The van der Waals surface area contributed by atoms with E-state index in [1.807, 2.05) is 30.5 Å². The number of nitro benzene ring substituents is 1. The number of halogens is 1. The van der Waals surface area contributed by atoms with Crippen molar-refractivity contribution in [2.75, 3.05) is 41.9 Å².